The molecule has 2 aromatic carbocycles. The molecule has 0 aliphatic rings. The van der Waals surface area contributed by atoms with Crippen LogP contribution in [0.15, 0.2) is 54.6 Å². The second-order valence-electron chi connectivity index (χ2n) is 7.95. The van der Waals surface area contributed by atoms with Crippen LogP contribution in [0, 0.1) is 5.82 Å². The number of nitrogens with one attached hydrogen (secondary N) is 2. The lowest BCUT2D eigenvalue weighted by Gasteiger charge is -2.16. The lowest BCUT2D eigenvalue weighted by molar-refractivity contribution is -0.117. The van der Waals surface area contributed by atoms with E-state index in [1.807, 2.05) is 18.0 Å². The number of hydrogen-bond donors (Lipinski definition) is 2. The molecular weight excluding hydrogens is 409 g/mol. The fourth-order valence-corrected chi connectivity index (χ4v) is 3.28. The van der Waals surface area contributed by atoms with Crippen LogP contribution in [-0.4, -0.2) is 66.0 Å². The first-order valence-corrected chi connectivity index (χ1v) is 10.4. The third kappa shape index (κ3) is 6.49. The second-order valence-corrected chi connectivity index (χ2v) is 7.95. The molecule has 0 aliphatic heterocycles. The van der Waals surface area contributed by atoms with Crippen molar-refractivity contribution in [1.29, 1.82) is 0 Å². The maximum Gasteiger partial charge on any atom is 0.253 e. The quantitative estimate of drug-likeness (QED) is 0.538. The van der Waals surface area contributed by atoms with E-state index in [2.05, 4.69) is 15.5 Å². The molecule has 0 bridgehead atoms. The maximum atomic E-state index is 13.1. The highest BCUT2D eigenvalue weighted by molar-refractivity contribution is 5.96. The fraction of sp³-hybridized carbons (Fsp3) is 0.292. The van der Waals surface area contributed by atoms with E-state index in [1.54, 1.807) is 50.5 Å². The van der Waals surface area contributed by atoms with Crippen molar-refractivity contribution in [2.45, 2.75) is 12.8 Å². The topological polar surface area (TPSA) is 81.3 Å². The summed E-state index contributed by atoms with van der Waals surface area (Å²) in [5.41, 5.74) is 3.87. The number of amides is 2. The Balaban J connectivity index is 1.41. The number of H-pyrrole nitrogens is 1. The van der Waals surface area contributed by atoms with Crippen LogP contribution in [0.4, 0.5) is 10.1 Å². The largest absolute Gasteiger partial charge is 0.345 e. The van der Waals surface area contributed by atoms with Crippen molar-refractivity contribution in [3.05, 3.63) is 71.7 Å². The van der Waals surface area contributed by atoms with Gasteiger partial charge >= 0.3 is 0 Å². The summed E-state index contributed by atoms with van der Waals surface area (Å²) in [7, 11) is 5.30. The average molecular weight is 438 g/mol. The van der Waals surface area contributed by atoms with Crippen LogP contribution >= 0.6 is 0 Å². The van der Waals surface area contributed by atoms with Gasteiger partial charge in [0, 0.05) is 36.6 Å². The molecule has 1 heterocycles. The van der Waals surface area contributed by atoms with Gasteiger partial charge in [0.25, 0.3) is 5.91 Å². The Morgan fingerprint density at radius 2 is 1.72 bits per heavy atom. The Labute approximate surface area is 187 Å². The van der Waals surface area contributed by atoms with Gasteiger partial charge in [0.1, 0.15) is 5.82 Å². The lowest BCUT2D eigenvalue weighted by Crippen LogP contribution is -2.31. The van der Waals surface area contributed by atoms with Crippen LogP contribution < -0.4 is 5.32 Å². The van der Waals surface area contributed by atoms with E-state index >= 15 is 0 Å². The molecule has 0 fully saturated rings. The molecule has 0 radical (unpaired) electrons. The van der Waals surface area contributed by atoms with Gasteiger partial charge < -0.3 is 10.2 Å². The molecule has 0 saturated heterocycles. The predicted octanol–water partition coefficient (Wildman–Crippen LogP) is 3.42. The monoisotopic (exact) mass is 437 g/mol. The van der Waals surface area contributed by atoms with Crippen molar-refractivity contribution in [3.8, 4) is 11.3 Å². The minimum absolute atomic E-state index is 0.0790. The summed E-state index contributed by atoms with van der Waals surface area (Å²) < 4.78 is 13.1. The van der Waals surface area contributed by atoms with Gasteiger partial charge in [0.15, 0.2) is 0 Å². The molecule has 0 unspecified atom stereocenters. The maximum absolute atomic E-state index is 13.1. The van der Waals surface area contributed by atoms with Crippen molar-refractivity contribution < 1.29 is 14.0 Å². The summed E-state index contributed by atoms with van der Waals surface area (Å²) in [6.07, 6.45) is 1.65. The van der Waals surface area contributed by atoms with E-state index < -0.39 is 0 Å². The molecule has 0 saturated carbocycles. The number of carbonyl (C=O) groups excluding carboxylic acids is 2. The Bertz CT molecular complexity index is 1050. The SMILES string of the molecule is CN(CCCc1cc(-c2ccc(F)cc2)n[nH]1)CC(=O)Nc1ccc(C(=O)N(C)C)cc1. The van der Waals surface area contributed by atoms with E-state index in [-0.39, 0.29) is 24.2 Å². The van der Waals surface area contributed by atoms with Gasteiger partial charge in [0.05, 0.1) is 12.2 Å². The summed E-state index contributed by atoms with van der Waals surface area (Å²) in [4.78, 5) is 27.7. The highest BCUT2D eigenvalue weighted by atomic mass is 19.1. The van der Waals surface area contributed by atoms with E-state index in [4.69, 9.17) is 0 Å². The van der Waals surface area contributed by atoms with E-state index in [0.717, 1.165) is 36.3 Å². The number of benzene rings is 2. The summed E-state index contributed by atoms with van der Waals surface area (Å²) in [6, 6.07) is 15.1. The molecule has 0 spiro atoms. The van der Waals surface area contributed by atoms with Crippen LogP contribution in [0.2, 0.25) is 0 Å². The third-order valence-corrected chi connectivity index (χ3v) is 4.99. The van der Waals surface area contributed by atoms with Crippen molar-refractivity contribution >= 4 is 17.5 Å². The van der Waals surface area contributed by atoms with Crippen molar-refractivity contribution in [2.24, 2.45) is 0 Å². The summed E-state index contributed by atoms with van der Waals surface area (Å²) in [6.45, 7) is 1.01. The smallest absolute Gasteiger partial charge is 0.253 e. The number of anilines is 1. The summed E-state index contributed by atoms with van der Waals surface area (Å²) in [5.74, 6) is -0.461. The first kappa shape index (κ1) is 23.1. The van der Waals surface area contributed by atoms with Crippen LogP contribution in [0.25, 0.3) is 11.3 Å². The lowest BCUT2D eigenvalue weighted by atomic mass is 10.1. The third-order valence-electron chi connectivity index (χ3n) is 4.99. The number of carbonyl (C=O) groups is 2. The number of aryl methyl sites for hydroxylation is 1. The van der Waals surface area contributed by atoms with Crippen LogP contribution in [0.5, 0.6) is 0 Å². The molecular formula is C24H28FN5O2. The molecule has 1 aromatic heterocycles. The summed E-state index contributed by atoms with van der Waals surface area (Å²) in [5, 5.41) is 10.2. The number of hydrogen-bond acceptors (Lipinski definition) is 4. The van der Waals surface area contributed by atoms with Gasteiger partial charge in [-0.1, -0.05) is 0 Å². The normalized spacial score (nSPS) is 10.9. The highest BCUT2D eigenvalue weighted by Gasteiger charge is 2.10. The number of aromatic nitrogens is 2. The standard InChI is InChI=1S/C24H28FN5O2/c1-29(2)24(32)18-8-12-20(13-9-18)26-23(31)16-30(3)14-4-5-21-15-22(28-27-21)17-6-10-19(25)11-7-17/h6-13,15H,4-5,14,16H2,1-3H3,(H,26,31)(H,27,28). The predicted molar refractivity (Wildman–Crippen MR) is 123 cm³/mol. The molecule has 3 rings (SSSR count). The zero-order chi connectivity index (χ0) is 23.1. The number of likely N-dealkylation sites (N-methyl/N-ethyl adjacent to an activating group) is 1. The number of rotatable bonds is 9. The van der Waals surface area contributed by atoms with Crippen LogP contribution in [0.3, 0.4) is 0 Å². The van der Waals surface area contributed by atoms with E-state index in [9.17, 15) is 14.0 Å². The second kappa shape index (κ2) is 10.7. The summed E-state index contributed by atoms with van der Waals surface area (Å²) >= 11 is 0. The van der Waals surface area contributed by atoms with E-state index in [1.165, 1.54) is 17.0 Å². The molecule has 0 atom stereocenters. The Morgan fingerprint density at radius 1 is 1.03 bits per heavy atom. The zero-order valence-corrected chi connectivity index (χ0v) is 18.6. The Kier molecular flexibility index (Phi) is 7.72. The zero-order valence-electron chi connectivity index (χ0n) is 18.6. The van der Waals surface area contributed by atoms with Gasteiger partial charge in [0.2, 0.25) is 5.91 Å². The fourth-order valence-electron chi connectivity index (χ4n) is 3.28. The Hall–Kier alpha value is -3.52. The average Bonchev–Trinajstić information content (AvgIpc) is 3.23. The van der Waals surface area contributed by atoms with Gasteiger partial charge in [-0.15, -0.1) is 0 Å². The van der Waals surface area contributed by atoms with Gasteiger partial charge in [-0.3, -0.25) is 19.6 Å². The molecule has 32 heavy (non-hydrogen) atoms. The van der Waals surface area contributed by atoms with Gasteiger partial charge in [-0.05, 0) is 81.0 Å². The molecule has 3 aromatic rings. The molecule has 8 heteroatoms. The van der Waals surface area contributed by atoms with Crippen LogP contribution in [0.1, 0.15) is 22.5 Å². The van der Waals surface area contributed by atoms with Crippen molar-refractivity contribution in [1.82, 2.24) is 20.0 Å². The van der Waals surface area contributed by atoms with Gasteiger partial charge in [-0.25, -0.2) is 4.39 Å². The number of halogens is 1. The minimum Gasteiger partial charge on any atom is -0.345 e. The molecule has 2 amide bonds. The number of nitrogens with zero attached hydrogens (tertiary/aromatic N) is 3. The molecule has 7 nitrogen and oxygen atoms in total. The highest BCUT2D eigenvalue weighted by Crippen LogP contribution is 2.18. The molecule has 168 valence electrons. The first-order chi connectivity index (χ1) is 15.3. The number of aromatic amines is 1. The minimum atomic E-state index is -0.270. The van der Waals surface area contributed by atoms with Crippen LogP contribution in [-0.2, 0) is 11.2 Å². The van der Waals surface area contributed by atoms with E-state index in [0.29, 0.717) is 11.3 Å². The van der Waals surface area contributed by atoms with Crippen molar-refractivity contribution in [2.75, 3.05) is 39.5 Å². The van der Waals surface area contributed by atoms with Crippen molar-refractivity contribution in [3.63, 3.8) is 0 Å². The first-order valence-electron chi connectivity index (χ1n) is 10.4. The molecule has 2 N–H and O–H groups in total. The Morgan fingerprint density at radius 3 is 2.38 bits per heavy atom. The molecule has 0 aliphatic carbocycles. The van der Waals surface area contributed by atoms with Gasteiger partial charge in [-0.2, -0.15) is 5.10 Å².